The van der Waals surface area contributed by atoms with Crippen LogP contribution in [0.4, 0.5) is 0 Å². The van der Waals surface area contributed by atoms with Crippen molar-refractivity contribution < 1.29 is 9.90 Å². The zero-order chi connectivity index (χ0) is 9.97. The number of nitrogens with zero attached hydrogens (tertiary/aromatic N) is 1. The van der Waals surface area contributed by atoms with Gasteiger partial charge in [0, 0.05) is 13.1 Å². The van der Waals surface area contributed by atoms with E-state index >= 15 is 0 Å². The Morgan fingerprint density at radius 3 is 2.57 bits per heavy atom. The highest BCUT2D eigenvalue weighted by molar-refractivity contribution is 5.79. The van der Waals surface area contributed by atoms with Crippen LogP contribution in [-0.2, 0) is 11.2 Å². The van der Waals surface area contributed by atoms with Gasteiger partial charge in [0.15, 0.2) is 0 Å². The zero-order valence-corrected chi connectivity index (χ0v) is 7.89. The van der Waals surface area contributed by atoms with Crippen LogP contribution in [-0.4, -0.2) is 35.1 Å². The van der Waals surface area contributed by atoms with Gasteiger partial charge in [0.1, 0.15) is 0 Å². The van der Waals surface area contributed by atoms with Crippen LogP contribution in [0.1, 0.15) is 5.56 Å². The molecule has 0 spiro atoms. The van der Waals surface area contributed by atoms with E-state index in [0.29, 0.717) is 19.5 Å². The van der Waals surface area contributed by atoms with E-state index in [2.05, 4.69) is 0 Å². The summed E-state index contributed by atoms with van der Waals surface area (Å²) in [7, 11) is 0. The third-order valence-corrected chi connectivity index (χ3v) is 2.41. The highest BCUT2D eigenvalue weighted by Gasteiger charge is 2.28. The van der Waals surface area contributed by atoms with Crippen molar-refractivity contribution in [2.75, 3.05) is 13.1 Å². The molecular formula is C11H13NO2. The number of aliphatic hydroxyl groups is 1. The fraction of sp³-hybridized carbons (Fsp3) is 0.364. The third kappa shape index (κ3) is 1.93. The lowest BCUT2D eigenvalue weighted by Crippen LogP contribution is -2.53. The maximum absolute atomic E-state index is 11.6. The molecular weight excluding hydrogens is 178 g/mol. The highest BCUT2D eigenvalue weighted by atomic mass is 16.3. The standard InChI is InChI=1S/C11H13NO2/c13-10-7-12(8-10)11(14)6-9-4-2-1-3-5-9/h1-5,10,13H,6-8H2. The molecule has 74 valence electrons. The predicted octanol–water partition coefficient (Wildman–Crippen LogP) is 0.432. The summed E-state index contributed by atoms with van der Waals surface area (Å²) in [5, 5.41) is 9.04. The summed E-state index contributed by atoms with van der Waals surface area (Å²) in [6.07, 6.45) is 0.128. The molecule has 1 aliphatic rings. The molecule has 0 aromatic heterocycles. The van der Waals surface area contributed by atoms with Gasteiger partial charge in [-0.15, -0.1) is 0 Å². The summed E-state index contributed by atoms with van der Waals surface area (Å²) in [5.41, 5.74) is 1.03. The molecule has 0 saturated carbocycles. The average molecular weight is 191 g/mol. The summed E-state index contributed by atoms with van der Waals surface area (Å²) in [6, 6.07) is 9.66. The lowest BCUT2D eigenvalue weighted by molar-refractivity contribution is -0.140. The van der Waals surface area contributed by atoms with Crippen LogP contribution in [0, 0.1) is 0 Å². The number of likely N-dealkylation sites (tertiary alicyclic amines) is 1. The van der Waals surface area contributed by atoms with E-state index in [-0.39, 0.29) is 12.0 Å². The van der Waals surface area contributed by atoms with Gasteiger partial charge in [-0.05, 0) is 5.56 Å². The molecule has 3 heteroatoms. The monoisotopic (exact) mass is 191 g/mol. The molecule has 1 aliphatic heterocycles. The van der Waals surface area contributed by atoms with Gasteiger partial charge in [-0.1, -0.05) is 30.3 Å². The molecule has 0 aliphatic carbocycles. The molecule has 1 fully saturated rings. The molecule has 1 aromatic rings. The molecule has 1 aromatic carbocycles. The summed E-state index contributed by atoms with van der Waals surface area (Å²) >= 11 is 0. The first-order valence-corrected chi connectivity index (χ1v) is 4.75. The van der Waals surface area contributed by atoms with Crippen LogP contribution >= 0.6 is 0 Å². The molecule has 14 heavy (non-hydrogen) atoms. The van der Waals surface area contributed by atoms with E-state index in [4.69, 9.17) is 5.11 Å². The molecule has 1 N–H and O–H groups in total. The maximum atomic E-state index is 11.6. The van der Waals surface area contributed by atoms with E-state index in [1.54, 1.807) is 4.90 Å². The van der Waals surface area contributed by atoms with Crippen molar-refractivity contribution in [3.63, 3.8) is 0 Å². The van der Waals surface area contributed by atoms with Crippen LogP contribution in [0.15, 0.2) is 30.3 Å². The number of aliphatic hydroxyl groups excluding tert-OH is 1. The van der Waals surface area contributed by atoms with Gasteiger partial charge in [-0.2, -0.15) is 0 Å². The molecule has 2 rings (SSSR count). The minimum atomic E-state index is -0.310. The number of carbonyl (C=O) groups is 1. The Labute approximate surface area is 83.0 Å². The molecule has 1 saturated heterocycles. The molecule has 0 unspecified atom stereocenters. The first kappa shape index (κ1) is 9.21. The molecule has 3 nitrogen and oxygen atoms in total. The highest BCUT2D eigenvalue weighted by Crippen LogP contribution is 2.10. The number of amides is 1. The van der Waals surface area contributed by atoms with Gasteiger partial charge in [0.25, 0.3) is 0 Å². The van der Waals surface area contributed by atoms with Crippen LogP contribution in [0.25, 0.3) is 0 Å². The summed E-state index contributed by atoms with van der Waals surface area (Å²) in [4.78, 5) is 13.2. The van der Waals surface area contributed by atoms with Gasteiger partial charge < -0.3 is 10.0 Å². The Morgan fingerprint density at radius 2 is 2.00 bits per heavy atom. The average Bonchev–Trinajstić information content (AvgIpc) is 2.14. The topological polar surface area (TPSA) is 40.5 Å². The summed E-state index contributed by atoms with van der Waals surface area (Å²) in [5.74, 6) is 0.0986. The number of rotatable bonds is 2. The molecule has 0 radical (unpaired) electrons. The van der Waals surface area contributed by atoms with Crippen LogP contribution < -0.4 is 0 Å². The van der Waals surface area contributed by atoms with Crippen molar-refractivity contribution in [3.8, 4) is 0 Å². The van der Waals surface area contributed by atoms with Crippen LogP contribution in [0.2, 0.25) is 0 Å². The van der Waals surface area contributed by atoms with Crippen molar-refractivity contribution in [3.05, 3.63) is 35.9 Å². The lowest BCUT2D eigenvalue weighted by atomic mass is 10.1. The SMILES string of the molecule is O=C(Cc1ccccc1)N1CC(O)C1. The number of benzene rings is 1. The Morgan fingerprint density at radius 1 is 1.36 bits per heavy atom. The number of hydrogen-bond donors (Lipinski definition) is 1. The van der Waals surface area contributed by atoms with Gasteiger partial charge in [-0.25, -0.2) is 0 Å². The minimum Gasteiger partial charge on any atom is -0.389 e. The second kappa shape index (κ2) is 3.80. The van der Waals surface area contributed by atoms with Crippen molar-refractivity contribution in [2.45, 2.75) is 12.5 Å². The quantitative estimate of drug-likeness (QED) is 0.736. The fourth-order valence-corrected chi connectivity index (χ4v) is 1.54. The Kier molecular flexibility index (Phi) is 2.50. The van der Waals surface area contributed by atoms with Gasteiger partial charge in [0.05, 0.1) is 12.5 Å². The molecule has 0 bridgehead atoms. The van der Waals surface area contributed by atoms with Gasteiger partial charge in [0.2, 0.25) is 5.91 Å². The van der Waals surface area contributed by atoms with E-state index in [0.717, 1.165) is 5.56 Å². The Hall–Kier alpha value is -1.35. The van der Waals surface area contributed by atoms with E-state index in [9.17, 15) is 4.79 Å². The Balaban J connectivity index is 1.89. The lowest BCUT2D eigenvalue weighted by Gasteiger charge is -2.35. The molecule has 1 heterocycles. The van der Waals surface area contributed by atoms with E-state index in [1.165, 1.54) is 0 Å². The molecule has 0 atom stereocenters. The van der Waals surface area contributed by atoms with Gasteiger partial charge in [-0.3, -0.25) is 4.79 Å². The van der Waals surface area contributed by atoms with Crippen molar-refractivity contribution in [2.24, 2.45) is 0 Å². The first-order chi connectivity index (χ1) is 6.75. The van der Waals surface area contributed by atoms with E-state index in [1.807, 2.05) is 30.3 Å². The van der Waals surface area contributed by atoms with Crippen molar-refractivity contribution in [1.29, 1.82) is 0 Å². The fourth-order valence-electron chi connectivity index (χ4n) is 1.54. The molecule has 1 amide bonds. The van der Waals surface area contributed by atoms with E-state index < -0.39 is 0 Å². The number of β-amino-alcohol motifs (C(OH)–C–C–N with tert-alkyl or cyclic N) is 1. The normalized spacial score (nSPS) is 16.5. The predicted molar refractivity (Wildman–Crippen MR) is 52.7 cm³/mol. The second-order valence-electron chi connectivity index (χ2n) is 3.61. The maximum Gasteiger partial charge on any atom is 0.227 e. The van der Waals surface area contributed by atoms with Gasteiger partial charge >= 0.3 is 0 Å². The zero-order valence-electron chi connectivity index (χ0n) is 7.89. The second-order valence-corrected chi connectivity index (χ2v) is 3.61. The van der Waals surface area contributed by atoms with Crippen molar-refractivity contribution in [1.82, 2.24) is 4.90 Å². The Bertz CT molecular complexity index is 317. The summed E-state index contributed by atoms with van der Waals surface area (Å²) in [6.45, 7) is 0.983. The largest absolute Gasteiger partial charge is 0.389 e. The summed E-state index contributed by atoms with van der Waals surface area (Å²) < 4.78 is 0. The minimum absolute atomic E-state index is 0.0986. The van der Waals surface area contributed by atoms with Crippen LogP contribution in [0.5, 0.6) is 0 Å². The first-order valence-electron chi connectivity index (χ1n) is 4.75. The third-order valence-electron chi connectivity index (χ3n) is 2.41. The van der Waals surface area contributed by atoms with Crippen molar-refractivity contribution >= 4 is 5.91 Å². The van der Waals surface area contributed by atoms with Crippen LogP contribution in [0.3, 0.4) is 0 Å². The number of hydrogen-bond acceptors (Lipinski definition) is 2. The smallest absolute Gasteiger partial charge is 0.227 e. The number of carbonyl (C=O) groups excluding carboxylic acids is 1.